The van der Waals surface area contributed by atoms with Crippen LogP contribution in [0.1, 0.15) is 53.2 Å². The Morgan fingerprint density at radius 1 is 1.00 bits per heavy atom. The first kappa shape index (κ1) is 17.2. The fourth-order valence-corrected chi connectivity index (χ4v) is 3.01. The lowest BCUT2D eigenvalue weighted by Gasteiger charge is -2.32. The molecule has 1 fully saturated rings. The Hall–Kier alpha value is -1.59. The van der Waals surface area contributed by atoms with Crippen molar-refractivity contribution in [3.63, 3.8) is 0 Å². The molecule has 0 amide bonds. The third-order valence-corrected chi connectivity index (χ3v) is 5.20. The molecule has 1 aromatic heterocycles. The molecule has 0 radical (unpaired) electrons. The Morgan fingerprint density at radius 2 is 1.58 bits per heavy atom. The van der Waals surface area contributed by atoms with E-state index in [1.165, 1.54) is 0 Å². The molecule has 24 heavy (non-hydrogen) atoms. The minimum Gasteiger partial charge on any atom is -0.428 e. The lowest BCUT2D eigenvalue weighted by molar-refractivity contribution is 0.00578. The molecule has 0 bridgehead atoms. The molecule has 2 heterocycles. The molecular formula is C19H25BO4. The predicted octanol–water partition coefficient (Wildman–Crippen LogP) is 3.43. The van der Waals surface area contributed by atoms with Gasteiger partial charge in [0.25, 0.3) is 0 Å². The molecule has 2 aromatic rings. The van der Waals surface area contributed by atoms with E-state index in [1.807, 2.05) is 45.9 Å². The van der Waals surface area contributed by atoms with Crippen molar-refractivity contribution in [2.75, 3.05) is 0 Å². The first-order chi connectivity index (χ1) is 11.3. The first-order valence-electron chi connectivity index (χ1n) is 8.67. The van der Waals surface area contributed by atoms with Crippen molar-refractivity contribution in [2.24, 2.45) is 0 Å². The van der Waals surface area contributed by atoms with Crippen molar-refractivity contribution >= 4 is 23.4 Å². The Labute approximate surface area is 143 Å². The van der Waals surface area contributed by atoms with Gasteiger partial charge >= 0.3 is 12.7 Å². The van der Waals surface area contributed by atoms with Crippen LogP contribution in [0, 0.1) is 0 Å². The number of hydrogen-bond donors (Lipinski definition) is 0. The smallest absolute Gasteiger partial charge is 0.428 e. The number of benzene rings is 1. The summed E-state index contributed by atoms with van der Waals surface area (Å²) in [6.45, 7) is 10.2. The van der Waals surface area contributed by atoms with Gasteiger partial charge in [-0.1, -0.05) is 31.5 Å². The van der Waals surface area contributed by atoms with Crippen LogP contribution in [0.5, 0.6) is 0 Å². The van der Waals surface area contributed by atoms with Crippen molar-refractivity contribution in [3.05, 3.63) is 40.4 Å². The van der Waals surface area contributed by atoms with Gasteiger partial charge in [-0.3, -0.25) is 0 Å². The van der Waals surface area contributed by atoms with Gasteiger partial charge in [-0.05, 0) is 45.6 Å². The van der Waals surface area contributed by atoms with Gasteiger partial charge in [-0.15, -0.1) is 0 Å². The maximum atomic E-state index is 12.3. The standard InChI is InChI=1S/C19H25BO4/c1-6-7-12-15-16(20-23-18(2,3)19(4,5)24-20)13-10-8-9-11-14(13)17(21)22-15/h8-11H,6-7,12H2,1-5H3. The molecule has 1 aliphatic heterocycles. The van der Waals surface area contributed by atoms with Crippen LogP contribution in [0.4, 0.5) is 0 Å². The van der Waals surface area contributed by atoms with Crippen molar-refractivity contribution in [1.82, 2.24) is 0 Å². The Morgan fingerprint density at radius 3 is 2.17 bits per heavy atom. The van der Waals surface area contributed by atoms with E-state index in [0.29, 0.717) is 17.6 Å². The Kier molecular flexibility index (Phi) is 4.35. The number of fused-ring (bicyclic) bond motifs is 1. The summed E-state index contributed by atoms with van der Waals surface area (Å²) in [5, 5.41) is 1.43. The molecule has 128 valence electrons. The SMILES string of the molecule is CCCCc1oc(=O)c2ccccc2c1B1OC(C)(C)C(C)(C)O1. The second kappa shape index (κ2) is 6.05. The highest BCUT2D eigenvalue weighted by Gasteiger charge is 2.53. The predicted molar refractivity (Wildman–Crippen MR) is 96.8 cm³/mol. The van der Waals surface area contributed by atoms with E-state index in [4.69, 9.17) is 13.7 Å². The van der Waals surface area contributed by atoms with E-state index in [-0.39, 0.29) is 5.63 Å². The summed E-state index contributed by atoms with van der Waals surface area (Å²) in [7, 11) is -0.531. The maximum absolute atomic E-state index is 12.3. The van der Waals surface area contributed by atoms with E-state index < -0.39 is 18.3 Å². The molecule has 1 saturated heterocycles. The lowest BCUT2D eigenvalue weighted by atomic mass is 9.74. The molecule has 0 spiro atoms. The molecule has 0 aliphatic carbocycles. The van der Waals surface area contributed by atoms with Crippen molar-refractivity contribution < 1.29 is 13.7 Å². The number of aryl methyl sites for hydroxylation is 1. The van der Waals surface area contributed by atoms with Gasteiger partial charge in [0.05, 0.1) is 16.6 Å². The third kappa shape index (κ3) is 2.80. The zero-order valence-corrected chi connectivity index (χ0v) is 15.1. The summed E-state index contributed by atoms with van der Waals surface area (Å²) in [6, 6.07) is 7.51. The summed E-state index contributed by atoms with van der Waals surface area (Å²) < 4.78 is 18.1. The normalized spacial score (nSPS) is 19.1. The summed E-state index contributed by atoms with van der Waals surface area (Å²) in [5.41, 5.74) is -0.303. The number of rotatable bonds is 4. The van der Waals surface area contributed by atoms with Crippen LogP contribution in [-0.2, 0) is 15.7 Å². The molecule has 0 saturated carbocycles. The highest BCUT2D eigenvalue weighted by molar-refractivity contribution is 6.65. The van der Waals surface area contributed by atoms with Crippen LogP contribution < -0.4 is 11.1 Å². The average molecular weight is 328 g/mol. The number of unbranched alkanes of at least 4 members (excludes halogenated alkanes) is 1. The Balaban J connectivity index is 2.18. The second-order valence-electron chi connectivity index (χ2n) is 7.46. The lowest BCUT2D eigenvalue weighted by Crippen LogP contribution is -2.41. The highest BCUT2D eigenvalue weighted by Crippen LogP contribution is 2.37. The number of hydrogen-bond acceptors (Lipinski definition) is 4. The summed E-state index contributed by atoms with van der Waals surface area (Å²) in [6.07, 6.45) is 2.68. The van der Waals surface area contributed by atoms with Crippen molar-refractivity contribution in [1.29, 1.82) is 0 Å². The van der Waals surface area contributed by atoms with E-state index in [1.54, 1.807) is 6.07 Å². The molecule has 1 aliphatic rings. The van der Waals surface area contributed by atoms with Crippen LogP contribution >= 0.6 is 0 Å². The minimum atomic E-state index is -0.531. The topological polar surface area (TPSA) is 48.7 Å². The van der Waals surface area contributed by atoms with Gasteiger partial charge in [0.2, 0.25) is 0 Å². The van der Waals surface area contributed by atoms with Crippen LogP contribution in [0.25, 0.3) is 10.8 Å². The monoisotopic (exact) mass is 328 g/mol. The molecule has 1 aromatic carbocycles. The zero-order chi connectivity index (χ0) is 17.5. The van der Waals surface area contributed by atoms with E-state index in [0.717, 1.165) is 23.7 Å². The first-order valence-corrected chi connectivity index (χ1v) is 8.67. The highest BCUT2D eigenvalue weighted by atomic mass is 16.7. The van der Waals surface area contributed by atoms with E-state index in [2.05, 4.69) is 6.92 Å². The third-order valence-electron chi connectivity index (χ3n) is 5.20. The molecule has 0 unspecified atom stereocenters. The average Bonchev–Trinajstić information content (AvgIpc) is 2.73. The van der Waals surface area contributed by atoms with E-state index >= 15 is 0 Å². The van der Waals surface area contributed by atoms with Gasteiger partial charge in [0, 0.05) is 11.9 Å². The molecule has 0 N–H and O–H groups in total. The second-order valence-corrected chi connectivity index (χ2v) is 7.46. The van der Waals surface area contributed by atoms with Gasteiger partial charge in [-0.25, -0.2) is 4.79 Å². The van der Waals surface area contributed by atoms with Crippen LogP contribution in [0.2, 0.25) is 0 Å². The Bertz CT molecular complexity index is 791. The van der Waals surface area contributed by atoms with Crippen LogP contribution in [0.15, 0.2) is 33.5 Å². The van der Waals surface area contributed by atoms with Crippen LogP contribution in [0.3, 0.4) is 0 Å². The van der Waals surface area contributed by atoms with Crippen molar-refractivity contribution in [2.45, 2.75) is 65.1 Å². The van der Waals surface area contributed by atoms with E-state index in [9.17, 15) is 4.79 Å². The largest absolute Gasteiger partial charge is 0.498 e. The molecule has 4 nitrogen and oxygen atoms in total. The molecule has 3 rings (SSSR count). The van der Waals surface area contributed by atoms with Gasteiger partial charge in [0.1, 0.15) is 5.76 Å². The van der Waals surface area contributed by atoms with Gasteiger partial charge < -0.3 is 13.7 Å². The van der Waals surface area contributed by atoms with Crippen LogP contribution in [-0.4, -0.2) is 18.3 Å². The fraction of sp³-hybridized carbons (Fsp3) is 0.526. The molecular weight excluding hydrogens is 303 g/mol. The van der Waals surface area contributed by atoms with Gasteiger partial charge in [-0.2, -0.15) is 0 Å². The summed E-state index contributed by atoms with van der Waals surface area (Å²) in [4.78, 5) is 12.3. The maximum Gasteiger partial charge on any atom is 0.498 e. The van der Waals surface area contributed by atoms with Gasteiger partial charge in [0.15, 0.2) is 0 Å². The fourth-order valence-electron chi connectivity index (χ4n) is 3.01. The summed E-state index contributed by atoms with van der Waals surface area (Å²) in [5.74, 6) is 0.680. The molecule has 0 atom stereocenters. The minimum absolute atomic E-state index is 0.294. The quantitative estimate of drug-likeness (QED) is 0.807. The molecule has 5 heteroatoms. The summed E-state index contributed by atoms with van der Waals surface area (Å²) >= 11 is 0. The van der Waals surface area contributed by atoms with Crippen molar-refractivity contribution in [3.8, 4) is 0 Å². The zero-order valence-electron chi connectivity index (χ0n) is 15.1.